The molecule has 7 unspecified atom stereocenters. The fourth-order valence-electron chi connectivity index (χ4n) is 7.53. The van der Waals surface area contributed by atoms with Crippen molar-refractivity contribution < 1.29 is 39.8 Å². The van der Waals surface area contributed by atoms with Crippen molar-refractivity contribution in [3.05, 3.63) is 122 Å². The zero-order chi connectivity index (χ0) is 49.4. The Morgan fingerprint density at radius 1 is 0.515 bits per heavy atom. The molecule has 0 aliphatic carbocycles. The minimum Gasteiger partial charge on any atom is -0.394 e. The highest BCUT2D eigenvalue weighted by Crippen LogP contribution is 2.22. The second kappa shape index (κ2) is 47.3. The van der Waals surface area contributed by atoms with Gasteiger partial charge in [0.25, 0.3) is 0 Å². The average Bonchev–Trinajstić information content (AvgIpc) is 3.34. The number of unbranched alkanes of at least 4 members (excludes halogenated alkanes) is 15. The van der Waals surface area contributed by atoms with Crippen molar-refractivity contribution in [2.45, 2.75) is 230 Å². The van der Waals surface area contributed by atoms with Gasteiger partial charge < -0.3 is 40.3 Å². The number of allylic oxidation sites excluding steroid dienone is 19. The predicted molar refractivity (Wildman–Crippen MR) is 285 cm³/mol. The Morgan fingerprint density at radius 2 is 0.926 bits per heavy atom. The van der Waals surface area contributed by atoms with E-state index in [1.165, 1.54) is 77.0 Å². The summed E-state index contributed by atoms with van der Waals surface area (Å²) >= 11 is 0. The van der Waals surface area contributed by atoms with Crippen LogP contribution in [0.1, 0.15) is 187 Å². The number of aliphatic hydroxyl groups excluding tert-OH is 5. The summed E-state index contributed by atoms with van der Waals surface area (Å²) in [6.45, 7) is 3.60. The molecule has 0 bridgehead atoms. The Morgan fingerprint density at radius 3 is 1.41 bits per heavy atom. The van der Waals surface area contributed by atoms with E-state index in [2.05, 4.69) is 129 Å². The van der Waals surface area contributed by atoms with E-state index in [1.54, 1.807) is 6.08 Å². The third kappa shape index (κ3) is 36.6. The lowest BCUT2D eigenvalue weighted by Crippen LogP contribution is -2.60. The summed E-state index contributed by atoms with van der Waals surface area (Å²) in [6, 6.07) is -0.869. The molecule has 1 heterocycles. The van der Waals surface area contributed by atoms with Gasteiger partial charge in [0.15, 0.2) is 6.29 Å². The molecule has 1 aliphatic rings. The van der Waals surface area contributed by atoms with Gasteiger partial charge >= 0.3 is 0 Å². The van der Waals surface area contributed by atoms with Crippen LogP contribution < -0.4 is 5.32 Å². The smallest absolute Gasteiger partial charge is 0.220 e. The van der Waals surface area contributed by atoms with Gasteiger partial charge in [0.05, 0.1) is 25.4 Å². The van der Waals surface area contributed by atoms with Gasteiger partial charge in [-0.3, -0.25) is 4.79 Å². The quantitative estimate of drug-likeness (QED) is 0.0261. The van der Waals surface area contributed by atoms with E-state index in [1.807, 2.05) is 6.08 Å². The maximum absolute atomic E-state index is 13.0. The number of carbonyl (C=O) groups is 1. The molecule has 6 N–H and O–H groups in total. The summed E-state index contributed by atoms with van der Waals surface area (Å²) < 4.78 is 11.2. The van der Waals surface area contributed by atoms with Crippen molar-refractivity contribution >= 4 is 5.91 Å². The SMILES string of the molecule is CC/C=C\C/C=C\C/C=C\C/C=C\C/C=C\C/C=C\C/C=C\CCCC(=O)NC(COC1OC(CO)C(O)C(O)C1O)C(O)/C=C/CC/C=C/CC/C=C/CCCCCCCCCCCCCC. The number of carbonyl (C=O) groups excluding carboxylic acids is 1. The van der Waals surface area contributed by atoms with Crippen molar-refractivity contribution in [3.63, 3.8) is 0 Å². The lowest BCUT2D eigenvalue weighted by atomic mass is 9.99. The molecule has 1 aliphatic heterocycles. The predicted octanol–water partition coefficient (Wildman–Crippen LogP) is 12.8. The molecule has 0 aromatic rings. The first-order valence-electron chi connectivity index (χ1n) is 26.8. The molecule has 1 saturated heterocycles. The summed E-state index contributed by atoms with van der Waals surface area (Å²) in [4.78, 5) is 13.0. The van der Waals surface area contributed by atoms with Crippen molar-refractivity contribution in [2.24, 2.45) is 0 Å². The highest BCUT2D eigenvalue weighted by atomic mass is 16.7. The molecular formula is C59H97NO8. The van der Waals surface area contributed by atoms with Gasteiger partial charge in [0.2, 0.25) is 5.91 Å². The molecule has 386 valence electrons. The molecule has 68 heavy (non-hydrogen) atoms. The number of hydrogen-bond acceptors (Lipinski definition) is 8. The molecule has 0 spiro atoms. The molecule has 0 aromatic carbocycles. The van der Waals surface area contributed by atoms with Crippen molar-refractivity contribution in [1.29, 1.82) is 0 Å². The molecule has 7 atom stereocenters. The van der Waals surface area contributed by atoms with Crippen LogP contribution >= 0.6 is 0 Å². The van der Waals surface area contributed by atoms with Crippen LogP contribution in [0.5, 0.6) is 0 Å². The average molecular weight is 948 g/mol. The Labute approximate surface area is 414 Å². The normalized spacial score (nSPS) is 20.6. The Kier molecular flexibility index (Phi) is 43.5. The van der Waals surface area contributed by atoms with E-state index in [4.69, 9.17) is 9.47 Å². The summed E-state index contributed by atoms with van der Waals surface area (Å²) in [5.74, 6) is -0.253. The largest absolute Gasteiger partial charge is 0.394 e. The third-order valence-corrected chi connectivity index (χ3v) is 11.7. The van der Waals surface area contributed by atoms with Gasteiger partial charge in [-0.15, -0.1) is 0 Å². The Balaban J connectivity index is 2.39. The highest BCUT2D eigenvalue weighted by molar-refractivity contribution is 5.76. The first-order valence-corrected chi connectivity index (χ1v) is 26.8. The Bertz CT molecular complexity index is 1470. The summed E-state index contributed by atoms with van der Waals surface area (Å²) in [7, 11) is 0. The molecule has 9 heteroatoms. The summed E-state index contributed by atoms with van der Waals surface area (Å²) in [5, 5.41) is 54.3. The molecule has 1 fully saturated rings. The molecule has 0 radical (unpaired) electrons. The number of ether oxygens (including phenoxy) is 2. The van der Waals surface area contributed by atoms with E-state index >= 15 is 0 Å². The van der Waals surface area contributed by atoms with E-state index in [0.717, 1.165) is 77.0 Å². The van der Waals surface area contributed by atoms with Crippen molar-refractivity contribution in [1.82, 2.24) is 5.32 Å². The van der Waals surface area contributed by atoms with Crippen LogP contribution in [-0.4, -0.2) is 87.5 Å². The standard InChI is InChI=1S/C59H97NO8/c1-3-5-7-9-11-13-15-17-19-21-23-25-27-29-31-33-35-37-39-41-43-45-47-49-55(63)60-52(51-67-59-58(66)57(65)56(64)54(50-61)68-59)53(62)48-46-44-42-40-38-36-34-32-30-28-26-24-22-20-18-16-14-12-10-8-6-4-2/h5,7,11,13,17,19,23,25,29-32,35,37-38,40-41,43,46,48,52-54,56-59,61-62,64-66H,3-4,6,8-10,12,14-16,18,20-22,24,26-28,33-34,36,39,42,44-45,47,49-51H2,1-2H3,(H,60,63)/b7-5-,13-11-,19-17-,25-23-,31-29-,32-30+,37-35-,40-38+,43-41-,48-46+. The maximum Gasteiger partial charge on any atom is 0.220 e. The van der Waals surface area contributed by atoms with Crippen LogP contribution in [0.4, 0.5) is 0 Å². The summed E-state index contributed by atoms with van der Waals surface area (Å²) in [6.07, 6.45) is 64.0. The maximum atomic E-state index is 13.0. The van der Waals surface area contributed by atoms with E-state index in [0.29, 0.717) is 12.8 Å². The number of nitrogens with one attached hydrogen (secondary N) is 1. The minimum atomic E-state index is -1.59. The van der Waals surface area contributed by atoms with Crippen LogP contribution in [-0.2, 0) is 14.3 Å². The molecule has 1 rings (SSSR count). The highest BCUT2D eigenvalue weighted by Gasteiger charge is 2.44. The lowest BCUT2D eigenvalue weighted by Gasteiger charge is -2.40. The third-order valence-electron chi connectivity index (χ3n) is 11.7. The Hall–Kier alpha value is -3.41. The zero-order valence-corrected chi connectivity index (χ0v) is 42.6. The van der Waals surface area contributed by atoms with Crippen molar-refractivity contribution in [3.8, 4) is 0 Å². The van der Waals surface area contributed by atoms with Gasteiger partial charge in [-0.25, -0.2) is 0 Å². The van der Waals surface area contributed by atoms with E-state index in [-0.39, 0.29) is 18.9 Å². The van der Waals surface area contributed by atoms with Crippen LogP contribution in [0.25, 0.3) is 0 Å². The lowest BCUT2D eigenvalue weighted by molar-refractivity contribution is -0.302. The van der Waals surface area contributed by atoms with Gasteiger partial charge in [0, 0.05) is 6.42 Å². The van der Waals surface area contributed by atoms with Crippen LogP contribution in [0.2, 0.25) is 0 Å². The number of hydrogen-bond donors (Lipinski definition) is 6. The first kappa shape index (κ1) is 62.6. The van der Waals surface area contributed by atoms with Crippen LogP contribution in [0.3, 0.4) is 0 Å². The molecule has 0 aromatic heterocycles. The van der Waals surface area contributed by atoms with E-state index in [9.17, 15) is 30.3 Å². The second-order valence-electron chi connectivity index (χ2n) is 17.9. The topological polar surface area (TPSA) is 149 Å². The number of aliphatic hydroxyl groups is 5. The fraction of sp³-hybridized carbons (Fsp3) is 0.644. The van der Waals surface area contributed by atoms with Gasteiger partial charge in [-0.05, 0) is 96.3 Å². The molecule has 9 nitrogen and oxygen atoms in total. The van der Waals surface area contributed by atoms with Crippen molar-refractivity contribution in [2.75, 3.05) is 13.2 Å². The second-order valence-corrected chi connectivity index (χ2v) is 17.9. The zero-order valence-electron chi connectivity index (χ0n) is 42.6. The van der Waals surface area contributed by atoms with Gasteiger partial charge in [-0.2, -0.15) is 0 Å². The number of amides is 1. The molecule has 0 saturated carbocycles. The minimum absolute atomic E-state index is 0.238. The van der Waals surface area contributed by atoms with Gasteiger partial charge in [0.1, 0.15) is 24.4 Å². The fourth-order valence-corrected chi connectivity index (χ4v) is 7.53. The first-order chi connectivity index (χ1) is 33.3. The van der Waals surface area contributed by atoms with Crippen LogP contribution in [0, 0.1) is 0 Å². The molecule has 1 amide bonds. The number of rotatable bonds is 43. The summed E-state index contributed by atoms with van der Waals surface area (Å²) in [5.41, 5.74) is 0. The van der Waals surface area contributed by atoms with E-state index < -0.39 is 49.5 Å². The van der Waals surface area contributed by atoms with Crippen LogP contribution in [0.15, 0.2) is 122 Å². The monoisotopic (exact) mass is 948 g/mol. The van der Waals surface area contributed by atoms with Gasteiger partial charge in [-0.1, -0.05) is 206 Å². The molecular weight excluding hydrogens is 851 g/mol.